The molecule has 0 aromatic carbocycles. The van der Waals surface area contributed by atoms with Gasteiger partial charge in [-0.1, -0.05) is 58.9 Å². The third-order valence-electron chi connectivity index (χ3n) is 18.4. The number of fused-ring (bicyclic) bond motifs is 7. The van der Waals surface area contributed by atoms with Crippen molar-refractivity contribution >= 4 is 15.8 Å². The summed E-state index contributed by atoms with van der Waals surface area (Å²) in [6, 6.07) is 0. The molecule has 2 unspecified atom stereocenters. The van der Waals surface area contributed by atoms with Crippen molar-refractivity contribution in [2.75, 3.05) is 39.1 Å². The molecule has 7 rings (SSSR count). The van der Waals surface area contributed by atoms with E-state index in [2.05, 4.69) is 70.5 Å². The normalized spacial score (nSPS) is 44.5. The van der Waals surface area contributed by atoms with Gasteiger partial charge in [-0.2, -0.15) is 0 Å². The van der Waals surface area contributed by atoms with E-state index in [4.69, 9.17) is 0 Å². The van der Waals surface area contributed by atoms with Crippen LogP contribution in [0.25, 0.3) is 0 Å². The maximum atomic E-state index is 14.0. The van der Waals surface area contributed by atoms with Gasteiger partial charge in [0, 0.05) is 24.9 Å². The largest absolute Gasteiger partial charge is 0.481 e. The fraction of sp³-hybridized carbons (Fsp3) is 0.844. The van der Waals surface area contributed by atoms with Crippen LogP contribution in [0, 0.1) is 56.7 Å². The quantitative estimate of drug-likeness (QED) is 0.229. The maximum Gasteiger partial charge on any atom is 0.312 e. The summed E-state index contributed by atoms with van der Waals surface area (Å²) >= 11 is 0. The summed E-state index contributed by atoms with van der Waals surface area (Å²) in [5.41, 5.74) is 3.65. The Bertz CT molecular complexity index is 1650. The van der Waals surface area contributed by atoms with Crippen molar-refractivity contribution in [3.05, 3.63) is 35.5 Å². The first-order valence-corrected chi connectivity index (χ1v) is 23.2. The number of nitrogens with one attached hydrogen (secondary N) is 1. The Balaban J connectivity index is 1.11. The Hall–Kier alpha value is -1.51. The summed E-state index contributed by atoms with van der Waals surface area (Å²) in [6.45, 7) is 22.8. The Labute approximate surface area is 321 Å². The van der Waals surface area contributed by atoms with Gasteiger partial charge in [0.1, 0.15) is 16.5 Å². The number of aliphatic carboxylic acids is 1. The molecule has 10 atom stereocenters. The molecule has 0 aromatic heterocycles. The van der Waals surface area contributed by atoms with E-state index in [9.17, 15) is 22.7 Å². The number of rotatable bonds is 9. The third-order valence-corrected chi connectivity index (χ3v) is 20.0. The molecule has 53 heavy (non-hydrogen) atoms. The molecule has 1 heterocycles. The zero-order chi connectivity index (χ0) is 38.4. The number of hydrogen-bond acceptors (Lipinski definition) is 5. The van der Waals surface area contributed by atoms with E-state index in [1.165, 1.54) is 74.3 Å². The highest BCUT2D eigenvalue weighted by molar-refractivity contribution is 7.91. The molecule has 0 spiro atoms. The molecule has 6 aliphatic carbocycles. The molecule has 0 radical (unpaired) electrons. The zero-order valence-corrected chi connectivity index (χ0v) is 35.0. The van der Waals surface area contributed by atoms with Gasteiger partial charge in [0.05, 0.1) is 10.7 Å². The van der Waals surface area contributed by atoms with Gasteiger partial charge in [-0.15, -0.1) is 0 Å². The lowest BCUT2D eigenvalue weighted by molar-refractivity contribution is -0.221. The molecule has 4 saturated carbocycles. The highest BCUT2D eigenvalue weighted by Gasteiger charge is 2.70. The molecule has 5 fully saturated rings. The number of piperidine rings is 1. The highest BCUT2D eigenvalue weighted by atomic mass is 32.2. The summed E-state index contributed by atoms with van der Waals surface area (Å²) in [4.78, 5) is 14.5. The maximum absolute atomic E-state index is 14.0. The van der Waals surface area contributed by atoms with Crippen LogP contribution < -0.4 is 5.32 Å². The molecule has 0 aromatic rings. The first kappa shape index (κ1) is 39.7. The number of likely N-dealkylation sites (tertiary alicyclic amines) is 1. The lowest BCUT2D eigenvalue weighted by Crippen LogP contribution is -2.68. The smallest absolute Gasteiger partial charge is 0.312 e. The number of carboxylic acid groups (broad SMARTS) is 1. The molecular weight excluding hydrogens is 684 g/mol. The van der Waals surface area contributed by atoms with Crippen molar-refractivity contribution in [1.82, 2.24) is 10.2 Å². The van der Waals surface area contributed by atoms with Crippen LogP contribution in [0.3, 0.4) is 0 Å². The van der Waals surface area contributed by atoms with Gasteiger partial charge in [-0.05, 0) is 172 Å². The van der Waals surface area contributed by atoms with Crippen molar-refractivity contribution in [1.29, 1.82) is 0 Å². The fourth-order valence-electron chi connectivity index (χ4n) is 15.1. The van der Waals surface area contributed by atoms with Crippen molar-refractivity contribution < 1.29 is 22.7 Å². The number of sulfone groups is 1. The summed E-state index contributed by atoms with van der Waals surface area (Å²) in [6.07, 6.45) is 19.9. The molecule has 8 heteroatoms. The molecule has 1 aliphatic heterocycles. The van der Waals surface area contributed by atoms with Crippen LogP contribution in [0.5, 0.6) is 0 Å². The van der Waals surface area contributed by atoms with Crippen molar-refractivity contribution in [3.8, 4) is 0 Å². The van der Waals surface area contributed by atoms with Crippen molar-refractivity contribution in [2.24, 2.45) is 56.7 Å². The Morgan fingerprint density at radius 2 is 1.64 bits per heavy atom. The molecular formula is C45H71FN2O4S. The average Bonchev–Trinajstić information content (AvgIpc) is 3.48. The van der Waals surface area contributed by atoms with E-state index in [1.54, 1.807) is 0 Å². The first-order chi connectivity index (χ1) is 24.8. The predicted octanol–water partition coefficient (Wildman–Crippen LogP) is 9.18. The second kappa shape index (κ2) is 13.6. The van der Waals surface area contributed by atoms with Gasteiger partial charge in [-0.25, -0.2) is 12.8 Å². The van der Waals surface area contributed by atoms with Crippen LogP contribution in [0.1, 0.15) is 131 Å². The third kappa shape index (κ3) is 6.10. The van der Waals surface area contributed by atoms with Gasteiger partial charge in [-0.3, -0.25) is 4.79 Å². The molecule has 298 valence electrons. The van der Waals surface area contributed by atoms with Gasteiger partial charge in [0.25, 0.3) is 0 Å². The molecule has 0 bridgehead atoms. The predicted molar refractivity (Wildman–Crippen MR) is 213 cm³/mol. The van der Waals surface area contributed by atoms with Gasteiger partial charge in [0.15, 0.2) is 0 Å². The average molecular weight is 755 g/mol. The number of halogens is 1. The van der Waals surface area contributed by atoms with E-state index in [-0.39, 0.29) is 38.9 Å². The van der Waals surface area contributed by atoms with E-state index < -0.39 is 27.9 Å². The highest BCUT2D eigenvalue weighted by Crippen LogP contribution is 2.76. The zero-order valence-electron chi connectivity index (χ0n) is 34.2. The van der Waals surface area contributed by atoms with Gasteiger partial charge >= 0.3 is 5.97 Å². The lowest BCUT2D eigenvalue weighted by atomic mass is 9.33. The number of hydrogen-bond donors (Lipinski definition) is 2. The topological polar surface area (TPSA) is 86.7 Å². The molecule has 2 N–H and O–H groups in total. The minimum atomic E-state index is -2.96. The van der Waals surface area contributed by atoms with E-state index in [0.717, 1.165) is 45.4 Å². The second-order valence-electron chi connectivity index (χ2n) is 20.8. The molecule has 0 amide bonds. The second-order valence-corrected chi connectivity index (χ2v) is 23.2. The van der Waals surface area contributed by atoms with Crippen LogP contribution in [-0.4, -0.2) is 74.3 Å². The minimum absolute atomic E-state index is 0.0148. The van der Waals surface area contributed by atoms with Gasteiger partial charge in [0.2, 0.25) is 0 Å². The Morgan fingerprint density at radius 1 is 0.925 bits per heavy atom. The van der Waals surface area contributed by atoms with Crippen molar-refractivity contribution in [3.63, 3.8) is 0 Å². The van der Waals surface area contributed by atoms with Gasteiger partial charge < -0.3 is 15.3 Å². The standard InChI is InChI=1S/C45H71FN2O4S/c1-30(2)33-13-22-45(47-25-28-48-26-16-32(17-27-48)53(8,51)52)24-23-42(6)35(38(33)45)9-10-37-41(5)18-14-34(40(3,4)36(41)15-19-43(37,42)7)31-11-20-44(29-46,21-12-31)39(49)50/h11,14,32-33,35-38,47H,1,9-10,12-13,15-29H2,2-8H3,(H,49,50)/t33-,35+,36-,37+,38+,41-,42+,43+,44?,45?/m0/s1. The van der Waals surface area contributed by atoms with E-state index in [0.29, 0.717) is 42.4 Å². The van der Waals surface area contributed by atoms with Crippen LogP contribution >= 0.6 is 0 Å². The summed E-state index contributed by atoms with van der Waals surface area (Å²) in [5, 5.41) is 13.9. The molecule has 7 aliphatic rings. The molecule has 6 nitrogen and oxygen atoms in total. The van der Waals surface area contributed by atoms with Crippen molar-refractivity contribution in [2.45, 2.75) is 142 Å². The number of allylic oxidation sites excluding steroid dienone is 5. The van der Waals surface area contributed by atoms with Crippen LogP contribution in [-0.2, 0) is 14.6 Å². The monoisotopic (exact) mass is 755 g/mol. The molecule has 1 saturated heterocycles. The summed E-state index contributed by atoms with van der Waals surface area (Å²) in [5.74, 6) is 2.04. The Morgan fingerprint density at radius 3 is 2.25 bits per heavy atom. The van der Waals surface area contributed by atoms with Crippen LogP contribution in [0.15, 0.2) is 35.5 Å². The SMILES string of the molecule is C=C(C)[C@@H]1CCC2(NCCN3CCC(S(C)(=O)=O)CC3)CC[C@]3(C)[C@H](CC[C@@H]4[C@@]5(C)CC=C(C6=CCC(CF)(C(=O)O)CC6)C(C)(C)[C@@H]5CC[C@]43C)[C@@H]12. The number of carboxylic acids is 1. The summed E-state index contributed by atoms with van der Waals surface area (Å²) in [7, 11) is -2.96. The fourth-order valence-corrected chi connectivity index (χ4v) is 16.2. The van der Waals surface area contributed by atoms with Crippen LogP contribution in [0.4, 0.5) is 4.39 Å². The number of carbonyl (C=O) groups is 1. The number of alkyl halides is 1. The Kier molecular flexibility index (Phi) is 10.2. The van der Waals surface area contributed by atoms with E-state index in [1.807, 2.05) is 0 Å². The van der Waals surface area contributed by atoms with Crippen LogP contribution in [0.2, 0.25) is 0 Å². The summed E-state index contributed by atoms with van der Waals surface area (Å²) < 4.78 is 38.3. The number of nitrogens with zero attached hydrogens (tertiary/aromatic N) is 1. The van der Waals surface area contributed by atoms with E-state index >= 15 is 0 Å². The lowest BCUT2D eigenvalue weighted by Gasteiger charge is -2.72. The first-order valence-electron chi connectivity index (χ1n) is 21.3. The minimum Gasteiger partial charge on any atom is -0.481 e.